The van der Waals surface area contributed by atoms with E-state index >= 15 is 0 Å². The van der Waals surface area contributed by atoms with Gasteiger partial charge >= 0.3 is 0 Å². The van der Waals surface area contributed by atoms with E-state index in [1.165, 1.54) is 17.0 Å². The maximum absolute atomic E-state index is 14.1. The highest BCUT2D eigenvalue weighted by molar-refractivity contribution is 7.92. The highest BCUT2D eigenvalue weighted by Gasteiger charge is 2.34. The van der Waals surface area contributed by atoms with Crippen LogP contribution in [0.1, 0.15) is 57.2 Å². The predicted molar refractivity (Wildman–Crippen MR) is 162 cm³/mol. The van der Waals surface area contributed by atoms with Gasteiger partial charge < -0.3 is 10.2 Å². The van der Waals surface area contributed by atoms with E-state index < -0.39 is 39.9 Å². The van der Waals surface area contributed by atoms with Gasteiger partial charge in [-0.1, -0.05) is 68.4 Å². The molecule has 0 aromatic heterocycles. The Morgan fingerprint density at radius 1 is 0.878 bits per heavy atom. The SMILES string of the molecule is CC(C)c1ccc(N(CC(=O)N(Cc2ccc(F)cc2)[C@H](Cc2ccccc2)C(=O)NC(C)(C)C)S(C)(=O)=O)cc1. The highest BCUT2D eigenvalue weighted by Crippen LogP contribution is 2.23. The van der Waals surface area contributed by atoms with Crippen LogP contribution in [0.15, 0.2) is 78.9 Å². The average Bonchev–Trinajstić information content (AvgIpc) is 2.89. The van der Waals surface area contributed by atoms with Crippen LogP contribution in [-0.2, 0) is 32.6 Å². The summed E-state index contributed by atoms with van der Waals surface area (Å²) in [6.07, 6.45) is 1.26. The molecule has 1 N–H and O–H groups in total. The summed E-state index contributed by atoms with van der Waals surface area (Å²) in [7, 11) is -3.86. The van der Waals surface area contributed by atoms with E-state index in [4.69, 9.17) is 0 Å². The smallest absolute Gasteiger partial charge is 0.244 e. The molecule has 0 fully saturated rings. The minimum absolute atomic E-state index is 0.0158. The van der Waals surface area contributed by atoms with Crippen LogP contribution in [-0.4, -0.2) is 49.5 Å². The summed E-state index contributed by atoms with van der Waals surface area (Å²) in [5, 5.41) is 2.98. The van der Waals surface area contributed by atoms with Gasteiger partial charge in [0, 0.05) is 18.5 Å². The van der Waals surface area contributed by atoms with E-state index in [9.17, 15) is 22.4 Å². The summed E-state index contributed by atoms with van der Waals surface area (Å²) in [4.78, 5) is 29.2. The second kappa shape index (κ2) is 13.3. The molecule has 0 aliphatic carbocycles. The third-order valence-electron chi connectivity index (χ3n) is 6.56. The molecule has 41 heavy (non-hydrogen) atoms. The summed E-state index contributed by atoms with van der Waals surface area (Å²) in [5.41, 5.74) is 2.25. The van der Waals surface area contributed by atoms with Crippen molar-refractivity contribution in [2.75, 3.05) is 17.1 Å². The van der Waals surface area contributed by atoms with Crippen LogP contribution in [0.5, 0.6) is 0 Å². The molecule has 3 aromatic rings. The minimum Gasteiger partial charge on any atom is -0.350 e. The zero-order chi connectivity index (χ0) is 30.4. The van der Waals surface area contributed by atoms with Crippen LogP contribution in [0.4, 0.5) is 10.1 Å². The molecule has 0 unspecified atom stereocenters. The zero-order valence-corrected chi connectivity index (χ0v) is 25.4. The molecule has 0 bridgehead atoms. The maximum Gasteiger partial charge on any atom is 0.244 e. The Balaban J connectivity index is 2.06. The first kappa shape index (κ1) is 31.8. The lowest BCUT2D eigenvalue weighted by Gasteiger charge is -2.35. The van der Waals surface area contributed by atoms with Gasteiger partial charge in [-0.15, -0.1) is 0 Å². The Morgan fingerprint density at radius 3 is 1.98 bits per heavy atom. The van der Waals surface area contributed by atoms with Crippen molar-refractivity contribution in [1.82, 2.24) is 10.2 Å². The topological polar surface area (TPSA) is 86.8 Å². The fraction of sp³-hybridized carbons (Fsp3) is 0.375. The molecule has 220 valence electrons. The van der Waals surface area contributed by atoms with Crippen molar-refractivity contribution in [3.8, 4) is 0 Å². The number of hydrogen-bond donors (Lipinski definition) is 1. The number of hydrogen-bond acceptors (Lipinski definition) is 4. The quantitative estimate of drug-likeness (QED) is 0.334. The van der Waals surface area contributed by atoms with Gasteiger partial charge in [-0.2, -0.15) is 0 Å². The first-order chi connectivity index (χ1) is 19.1. The van der Waals surface area contributed by atoms with Crippen molar-refractivity contribution in [2.24, 2.45) is 0 Å². The standard InChI is InChI=1S/C32H40FN3O4S/c1-23(2)26-14-18-28(19-15-26)36(41(6,39)40)22-30(37)35(21-25-12-16-27(33)17-13-25)29(31(38)34-32(3,4)5)20-24-10-8-7-9-11-24/h7-19,23,29H,20-22H2,1-6H3,(H,34,38)/t29-/m1/s1. The molecule has 2 amide bonds. The van der Waals surface area contributed by atoms with E-state index in [0.29, 0.717) is 11.3 Å². The molecule has 1 atom stereocenters. The van der Waals surface area contributed by atoms with Gasteiger partial charge in [0.15, 0.2) is 0 Å². The van der Waals surface area contributed by atoms with Gasteiger partial charge in [-0.3, -0.25) is 13.9 Å². The van der Waals surface area contributed by atoms with Crippen LogP contribution in [0.25, 0.3) is 0 Å². The minimum atomic E-state index is -3.86. The Kier molecular flexibility index (Phi) is 10.3. The molecule has 0 radical (unpaired) electrons. The third-order valence-corrected chi connectivity index (χ3v) is 7.70. The molecule has 3 rings (SSSR count). The number of halogens is 1. The normalized spacial score (nSPS) is 12.6. The molecule has 0 heterocycles. The van der Waals surface area contributed by atoms with E-state index in [2.05, 4.69) is 5.32 Å². The summed E-state index contributed by atoms with van der Waals surface area (Å²) < 4.78 is 40.6. The Labute approximate surface area is 243 Å². The number of anilines is 1. The van der Waals surface area contributed by atoms with Crippen molar-refractivity contribution >= 4 is 27.5 Å². The molecule has 0 spiro atoms. The van der Waals surface area contributed by atoms with Gasteiger partial charge in [-0.05, 0) is 67.6 Å². The van der Waals surface area contributed by atoms with Crippen LogP contribution in [0.3, 0.4) is 0 Å². The van der Waals surface area contributed by atoms with Crippen molar-refractivity contribution in [1.29, 1.82) is 0 Å². The van der Waals surface area contributed by atoms with Crippen LogP contribution in [0.2, 0.25) is 0 Å². The van der Waals surface area contributed by atoms with Crippen molar-refractivity contribution in [3.05, 3.63) is 101 Å². The summed E-state index contributed by atoms with van der Waals surface area (Å²) in [6.45, 7) is 9.10. The van der Waals surface area contributed by atoms with Gasteiger partial charge in [0.2, 0.25) is 21.8 Å². The van der Waals surface area contributed by atoms with Gasteiger partial charge in [0.25, 0.3) is 0 Å². The van der Waals surface area contributed by atoms with E-state index in [1.54, 1.807) is 24.3 Å². The second-order valence-electron chi connectivity index (χ2n) is 11.6. The Bertz CT molecular complexity index is 1420. The first-order valence-electron chi connectivity index (χ1n) is 13.6. The fourth-order valence-electron chi connectivity index (χ4n) is 4.43. The third kappa shape index (κ3) is 9.42. The number of amides is 2. The zero-order valence-electron chi connectivity index (χ0n) is 24.6. The molecular weight excluding hydrogens is 541 g/mol. The lowest BCUT2D eigenvalue weighted by Crippen LogP contribution is -2.56. The summed E-state index contributed by atoms with van der Waals surface area (Å²) >= 11 is 0. The Hall–Kier alpha value is -3.72. The first-order valence-corrected chi connectivity index (χ1v) is 15.5. The highest BCUT2D eigenvalue weighted by atomic mass is 32.2. The molecule has 9 heteroatoms. The van der Waals surface area contributed by atoms with Crippen molar-refractivity contribution in [3.63, 3.8) is 0 Å². The Morgan fingerprint density at radius 2 is 1.46 bits per heavy atom. The second-order valence-corrected chi connectivity index (χ2v) is 13.5. The fourth-order valence-corrected chi connectivity index (χ4v) is 5.28. The summed E-state index contributed by atoms with van der Waals surface area (Å²) in [6, 6.07) is 21.1. The maximum atomic E-state index is 14.1. The van der Waals surface area contributed by atoms with Crippen molar-refractivity contribution in [2.45, 2.75) is 65.1 Å². The van der Waals surface area contributed by atoms with Gasteiger partial charge in [-0.25, -0.2) is 12.8 Å². The summed E-state index contributed by atoms with van der Waals surface area (Å²) in [5.74, 6) is -1.10. The lowest BCUT2D eigenvalue weighted by molar-refractivity contribution is -0.140. The molecule has 0 aliphatic heterocycles. The van der Waals surface area contributed by atoms with Crippen LogP contribution < -0.4 is 9.62 Å². The number of nitrogens with one attached hydrogen (secondary N) is 1. The van der Waals surface area contributed by atoms with E-state index in [0.717, 1.165) is 21.7 Å². The number of rotatable bonds is 11. The molecule has 0 aliphatic rings. The largest absolute Gasteiger partial charge is 0.350 e. The van der Waals surface area contributed by atoms with Crippen LogP contribution in [0, 0.1) is 5.82 Å². The predicted octanol–water partition coefficient (Wildman–Crippen LogP) is 5.27. The molecule has 3 aromatic carbocycles. The number of carbonyl (C=O) groups is 2. The molecule has 0 saturated carbocycles. The average molecular weight is 582 g/mol. The molecule has 0 saturated heterocycles. The van der Waals surface area contributed by atoms with E-state index in [1.807, 2.05) is 77.1 Å². The number of carbonyl (C=O) groups excluding carboxylic acids is 2. The number of sulfonamides is 1. The van der Waals surface area contributed by atoms with Gasteiger partial charge in [0.05, 0.1) is 11.9 Å². The van der Waals surface area contributed by atoms with E-state index in [-0.39, 0.29) is 24.8 Å². The lowest BCUT2D eigenvalue weighted by atomic mass is 10.0. The molecule has 7 nitrogen and oxygen atoms in total. The number of benzene rings is 3. The van der Waals surface area contributed by atoms with Crippen molar-refractivity contribution < 1.29 is 22.4 Å². The molecular formula is C32H40FN3O4S. The van der Waals surface area contributed by atoms with Crippen LogP contribution >= 0.6 is 0 Å². The monoisotopic (exact) mass is 581 g/mol. The number of nitrogens with zero attached hydrogens (tertiary/aromatic N) is 2. The van der Waals surface area contributed by atoms with Gasteiger partial charge in [0.1, 0.15) is 18.4 Å².